The largest absolute Gasteiger partial charge is 0.277 e. The molecule has 0 radical (unpaired) electrons. The number of hydrogen-bond acceptors (Lipinski definition) is 8. The average molecular weight is 519 g/mol. The van der Waals surface area contributed by atoms with E-state index in [0.29, 0.717) is 0 Å². The lowest BCUT2D eigenvalue weighted by atomic mass is 10.1. The summed E-state index contributed by atoms with van der Waals surface area (Å²) in [5.41, 5.74) is 3.35. The molecule has 40 heavy (non-hydrogen) atoms. The lowest BCUT2D eigenvalue weighted by Crippen LogP contribution is -2.13. The van der Waals surface area contributed by atoms with E-state index >= 15 is 0 Å². The van der Waals surface area contributed by atoms with Gasteiger partial charge in [0.05, 0.1) is 34.8 Å². The molecule has 190 valence electrons. The predicted octanol–water partition coefficient (Wildman–Crippen LogP) is 7.30. The van der Waals surface area contributed by atoms with Crippen LogP contribution in [0.25, 0.3) is 21.8 Å². The number of pyridine rings is 6. The quantitative estimate of drug-likeness (QED) is 0.212. The van der Waals surface area contributed by atoms with Crippen LogP contribution in [-0.4, -0.2) is 29.9 Å². The van der Waals surface area contributed by atoms with Crippen molar-refractivity contribution < 1.29 is 0 Å². The molecule has 0 bridgehead atoms. The molecule has 0 aliphatic heterocycles. The van der Waals surface area contributed by atoms with E-state index in [1.807, 2.05) is 95.0 Å². The van der Waals surface area contributed by atoms with E-state index in [2.05, 4.69) is 44.2 Å². The number of benzene rings is 1. The third-order valence-corrected chi connectivity index (χ3v) is 6.50. The second-order valence-corrected chi connectivity index (χ2v) is 9.02. The molecular weight excluding hydrogens is 496 g/mol. The van der Waals surface area contributed by atoms with Gasteiger partial charge in [0.1, 0.15) is 23.3 Å². The van der Waals surface area contributed by atoms with Gasteiger partial charge in [-0.25, -0.2) is 19.9 Å². The summed E-state index contributed by atoms with van der Waals surface area (Å²) in [5.74, 6) is 3.04. The first-order chi connectivity index (χ1) is 19.8. The fourth-order valence-corrected chi connectivity index (χ4v) is 4.72. The van der Waals surface area contributed by atoms with E-state index in [1.54, 1.807) is 24.8 Å². The number of rotatable bonds is 6. The van der Waals surface area contributed by atoms with Gasteiger partial charge in [-0.1, -0.05) is 36.4 Å². The van der Waals surface area contributed by atoms with Gasteiger partial charge in [0.15, 0.2) is 0 Å². The summed E-state index contributed by atoms with van der Waals surface area (Å²) in [6.45, 7) is 0. The fraction of sp³-hybridized carbons (Fsp3) is 0. The molecule has 0 unspecified atom stereocenters. The molecule has 0 aliphatic rings. The monoisotopic (exact) mass is 518 g/mol. The molecule has 1 aromatic carbocycles. The zero-order valence-electron chi connectivity index (χ0n) is 21.3. The minimum absolute atomic E-state index is 0.759. The molecule has 8 nitrogen and oxygen atoms in total. The lowest BCUT2D eigenvalue weighted by molar-refractivity contribution is 1.12. The van der Waals surface area contributed by atoms with Crippen LogP contribution in [0.2, 0.25) is 0 Å². The highest BCUT2D eigenvalue weighted by Crippen LogP contribution is 2.36. The Bertz CT molecular complexity index is 1680. The van der Waals surface area contributed by atoms with Crippen LogP contribution in [0.1, 0.15) is 0 Å². The van der Waals surface area contributed by atoms with Crippen molar-refractivity contribution in [2.45, 2.75) is 0 Å². The highest BCUT2D eigenvalue weighted by molar-refractivity contribution is 6.04. The maximum absolute atomic E-state index is 4.87. The third kappa shape index (κ3) is 4.33. The summed E-state index contributed by atoms with van der Waals surface area (Å²) in [6, 6.07) is 31.6. The van der Waals surface area contributed by atoms with Gasteiger partial charge < -0.3 is 0 Å². The molecular formula is C32H22N8. The average Bonchev–Trinajstić information content (AvgIpc) is 3.03. The minimum atomic E-state index is 0.759. The molecule has 0 saturated carbocycles. The Labute approximate surface area is 230 Å². The molecule has 7 rings (SSSR count). The number of hydrogen-bond donors (Lipinski definition) is 0. The topological polar surface area (TPSA) is 83.8 Å². The van der Waals surface area contributed by atoms with Crippen molar-refractivity contribution in [2.75, 3.05) is 9.80 Å². The predicted molar refractivity (Wildman–Crippen MR) is 158 cm³/mol. The summed E-state index contributed by atoms with van der Waals surface area (Å²) in [7, 11) is 0. The Morgan fingerprint density at radius 2 is 0.725 bits per heavy atom. The van der Waals surface area contributed by atoms with Crippen LogP contribution >= 0.6 is 0 Å². The maximum atomic E-state index is 4.87. The first kappa shape index (κ1) is 23.4. The second-order valence-electron chi connectivity index (χ2n) is 9.02. The van der Waals surface area contributed by atoms with E-state index in [0.717, 1.165) is 56.5 Å². The number of aromatic nitrogens is 6. The fourth-order valence-electron chi connectivity index (χ4n) is 4.72. The number of nitrogens with zero attached hydrogens (tertiary/aromatic N) is 8. The summed E-state index contributed by atoms with van der Waals surface area (Å²) >= 11 is 0. The number of fused-ring (bicyclic) bond motifs is 3. The summed E-state index contributed by atoms with van der Waals surface area (Å²) in [5, 5.41) is 1.93. The molecule has 0 atom stereocenters. The zero-order chi connectivity index (χ0) is 26.7. The smallest absolute Gasteiger partial charge is 0.138 e. The molecule has 6 aromatic heterocycles. The third-order valence-electron chi connectivity index (χ3n) is 6.50. The molecule has 8 heteroatoms. The highest BCUT2D eigenvalue weighted by atomic mass is 15.2. The van der Waals surface area contributed by atoms with E-state index in [-0.39, 0.29) is 0 Å². The van der Waals surface area contributed by atoms with Crippen molar-refractivity contribution in [3.05, 3.63) is 134 Å². The van der Waals surface area contributed by atoms with Gasteiger partial charge in [-0.3, -0.25) is 19.8 Å². The summed E-state index contributed by atoms with van der Waals surface area (Å²) < 4.78 is 0. The van der Waals surface area contributed by atoms with Gasteiger partial charge in [0.2, 0.25) is 0 Å². The summed E-state index contributed by atoms with van der Waals surface area (Å²) in [4.78, 5) is 32.0. The lowest BCUT2D eigenvalue weighted by Gasteiger charge is -2.23. The Morgan fingerprint density at radius 1 is 0.375 bits per heavy atom. The van der Waals surface area contributed by atoms with Gasteiger partial charge in [-0.05, 0) is 60.7 Å². The molecule has 7 aromatic rings. The van der Waals surface area contributed by atoms with Crippen LogP contribution in [0.5, 0.6) is 0 Å². The number of anilines is 6. The van der Waals surface area contributed by atoms with E-state index in [9.17, 15) is 0 Å². The summed E-state index contributed by atoms with van der Waals surface area (Å²) in [6.07, 6.45) is 10.8. The molecule has 0 aliphatic carbocycles. The first-order valence-corrected chi connectivity index (χ1v) is 12.8. The van der Waals surface area contributed by atoms with Crippen LogP contribution < -0.4 is 9.80 Å². The van der Waals surface area contributed by atoms with E-state index in [4.69, 9.17) is 9.97 Å². The van der Waals surface area contributed by atoms with E-state index < -0.39 is 0 Å². The van der Waals surface area contributed by atoms with Crippen LogP contribution in [0.4, 0.5) is 34.6 Å². The van der Waals surface area contributed by atoms with Crippen LogP contribution in [-0.2, 0) is 0 Å². The van der Waals surface area contributed by atoms with Crippen molar-refractivity contribution in [1.82, 2.24) is 29.9 Å². The Hall–Kier alpha value is -5.76. The minimum Gasteiger partial charge on any atom is -0.277 e. The molecule has 0 saturated heterocycles. The normalized spacial score (nSPS) is 11.0. The first-order valence-electron chi connectivity index (χ1n) is 12.8. The Balaban J connectivity index is 1.33. The van der Waals surface area contributed by atoms with Crippen molar-refractivity contribution in [2.24, 2.45) is 0 Å². The van der Waals surface area contributed by atoms with Gasteiger partial charge in [0.25, 0.3) is 0 Å². The molecule has 6 heterocycles. The van der Waals surface area contributed by atoms with Crippen LogP contribution in [0, 0.1) is 0 Å². The van der Waals surface area contributed by atoms with Crippen LogP contribution in [0.15, 0.2) is 134 Å². The van der Waals surface area contributed by atoms with Gasteiger partial charge in [-0.15, -0.1) is 0 Å². The molecule has 0 fully saturated rings. The van der Waals surface area contributed by atoms with Crippen molar-refractivity contribution in [3.8, 4) is 0 Å². The van der Waals surface area contributed by atoms with E-state index in [1.165, 1.54) is 0 Å². The molecule has 0 N–H and O–H groups in total. The molecule has 0 amide bonds. The molecule has 0 spiro atoms. The van der Waals surface area contributed by atoms with Crippen molar-refractivity contribution in [3.63, 3.8) is 0 Å². The van der Waals surface area contributed by atoms with Crippen LogP contribution in [0.3, 0.4) is 0 Å². The standard InChI is InChI=1S/C32H22N8/c1-5-15-33-27(9-1)39(28-10-2-6-16-34-28)25-19-23-13-14-24-20-26(22-38-32(24)31(23)37-21-25)40(29-11-3-7-17-35-29)30-12-4-8-18-36-30/h1-22H. The van der Waals surface area contributed by atoms with Gasteiger partial charge in [-0.2, -0.15) is 0 Å². The van der Waals surface area contributed by atoms with Crippen molar-refractivity contribution >= 4 is 56.5 Å². The SMILES string of the molecule is c1ccc(N(c2cnc3c(ccc4cc(N(c5ccccn5)c5ccccn5)cnc43)c2)c2ccccn2)nc1. The highest BCUT2D eigenvalue weighted by Gasteiger charge is 2.18. The van der Waals surface area contributed by atoms with Gasteiger partial charge in [0, 0.05) is 35.6 Å². The second kappa shape index (κ2) is 10.2. The zero-order valence-corrected chi connectivity index (χ0v) is 21.3. The van der Waals surface area contributed by atoms with Crippen molar-refractivity contribution in [1.29, 1.82) is 0 Å². The Kier molecular flexibility index (Phi) is 5.95. The van der Waals surface area contributed by atoms with Gasteiger partial charge >= 0.3 is 0 Å². The maximum Gasteiger partial charge on any atom is 0.138 e. The Morgan fingerprint density at radius 3 is 1.02 bits per heavy atom.